The molecule has 154 valence electrons. The summed E-state index contributed by atoms with van der Waals surface area (Å²) < 4.78 is 0. The van der Waals surface area contributed by atoms with E-state index < -0.39 is 0 Å². The van der Waals surface area contributed by atoms with Gasteiger partial charge in [-0.25, -0.2) is 4.79 Å². The number of carbonyl (C=O) groups excluding carboxylic acids is 2. The van der Waals surface area contributed by atoms with Crippen molar-refractivity contribution >= 4 is 11.9 Å². The summed E-state index contributed by atoms with van der Waals surface area (Å²) in [6.45, 7) is 11.2. The number of hydrogen-bond acceptors (Lipinski definition) is 3. The van der Waals surface area contributed by atoms with Gasteiger partial charge in [0.15, 0.2) is 0 Å². The molecule has 0 spiro atoms. The number of amides is 3. The molecule has 1 aromatic carbocycles. The topological polar surface area (TPSA) is 55.9 Å². The third-order valence-corrected chi connectivity index (χ3v) is 6.24. The van der Waals surface area contributed by atoms with Crippen molar-refractivity contribution in [3.63, 3.8) is 0 Å². The highest BCUT2D eigenvalue weighted by Gasteiger charge is 2.29. The third-order valence-electron chi connectivity index (χ3n) is 6.24. The van der Waals surface area contributed by atoms with Gasteiger partial charge in [0.05, 0.1) is 6.04 Å². The molecule has 0 aromatic heterocycles. The zero-order chi connectivity index (χ0) is 20.1. The van der Waals surface area contributed by atoms with E-state index in [1.165, 1.54) is 24.0 Å². The molecule has 0 unspecified atom stereocenters. The Morgan fingerprint density at radius 1 is 1.18 bits per heavy atom. The Morgan fingerprint density at radius 3 is 2.54 bits per heavy atom. The average molecular weight is 387 g/mol. The van der Waals surface area contributed by atoms with E-state index in [0.717, 1.165) is 19.0 Å². The van der Waals surface area contributed by atoms with E-state index in [2.05, 4.69) is 48.3 Å². The summed E-state index contributed by atoms with van der Waals surface area (Å²) in [5.41, 5.74) is 2.54. The molecule has 2 saturated heterocycles. The Bertz CT molecular complexity index is 685. The van der Waals surface area contributed by atoms with Crippen LogP contribution in [0.25, 0.3) is 0 Å². The lowest BCUT2D eigenvalue weighted by Gasteiger charge is -2.38. The summed E-state index contributed by atoms with van der Waals surface area (Å²) in [5.74, 6) is 0.800. The second-order valence-electron chi connectivity index (χ2n) is 8.17. The maximum absolute atomic E-state index is 12.7. The number of nitrogens with zero attached hydrogens (tertiary/aromatic N) is 3. The van der Waals surface area contributed by atoms with Crippen molar-refractivity contribution < 1.29 is 9.59 Å². The molecule has 0 radical (unpaired) electrons. The van der Waals surface area contributed by atoms with Gasteiger partial charge in [0.2, 0.25) is 5.91 Å². The number of likely N-dealkylation sites (tertiary alicyclic amines) is 1. The fourth-order valence-corrected chi connectivity index (χ4v) is 4.25. The van der Waals surface area contributed by atoms with Crippen molar-refractivity contribution in [1.29, 1.82) is 0 Å². The Balaban J connectivity index is 1.65. The van der Waals surface area contributed by atoms with E-state index in [1.54, 1.807) is 9.80 Å². The number of urea groups is 1. The number of nitrogens with one attached hydrogen (secondary N) is 1. The van der Waals surface area contributed by atoms with Crippen molar-refractivity contribution in [2.45, 2.75) is 39.7 Å². The van der Waals surface area contributed by atoms with E-state index in [0.29, 0.717) is 26.2 Å². The standard InChI is InChI=1S/C22H34N4O2/c1-4-24-13-14-26(16-21(24)27)22(28)23-15-20(19-8-6-5-7-18(19)3)25-11-9-17(2)10-12-25/h5-8,17,20H,4,9-16H2,1-3H3,(H,23,28)/t20-/m1/s1. The van der Waals surface area contributed by atoms with Gasteiger partial charge < -0.3 is 15.1 Å². The SMILES string of the molecule is CCN1CCN(C(=O)NC[C@H](c2ccccc2C)N2CCC(C)CC2)CC1=O. The molecule has 6 heteroatoms. The number of carbonyl (C=O) groups is 2. The molecule has 0 saturated carbocycles. The molecule has 2 aliphatic heterocycles. The largest absolute Gasteiger partial charge is 0.340 e. The highest BCUT2D eigenvalue weighted by molar-refractivity contribution is 5.85. The van der Waals surface area contributed by atoms with Crippen LogP contribution in [0.3, 0.4) is 0 Å². The molecule has 3 amide bonds. The molecule has 28 heavy (non-hydrogen) atoms. The molecular weight excluding hydrogens is 352 g/mol. The molecule has 2 aliphatic rings. The van der Waals surface area contributed by atoms with E-state index in [9.17, 15) is 9.59 Å². The predicted octanol–water partition coefficient (Wildman–Crippen LogP) is 2.64. The number of piperidine rings is 1. The van der Waals surface area contributed by atoms with Crippen molar-refractivity contribution in [3.05, 3.63) is 35.4 Å². The zero-order valence-corrected chi connectivity index (χ0v) is 17.5. The van der Waals surface area contributed by atoms with Gasteiger partial charge >= 0.3 is 6.03 Å². The summed E-state index contributed by atoms with van der Waals surface area (Å²) >= 11 is 0. The first-order valence-corrected chi connectivity index (χ1v) is 10.6. The van der Waals surface area contributed by atoms with Crippen LogP contribution in [-0.4, -0.2) is 72.5 Å². The van der Waals surface area contributed by atoms with E-state index in [-0.39, 0.29) is 24.5 Å². The summed E-state index contributed by atoms with van der Waals surface area (Å²) in [6, 6.07) is 8.49. The van der Waals surface area contributed by atoms with Crippen LogP contribution in [0.2, 0.25) is 0 Å². The second kappa shape index (κ2) is 9.41. The normalized spacial score (nSPS) is 20.3. The summed E-state index contributed by atoms with van der Waals surface area (Å²) in [4.78, 5) is 30.8. The van der Waals surface area contributed by atoms with Gasteiger partial charge in [0.1, 0.15) is 6.54 Å². The van der Waals surface area contributed by atoms with Crippen LogP contribution in [-0.2, 0) is 4.79 Å². The fourth-order valence-electron chi connectivity index (χ4n) is 4.25. The Kier molecular flexibility index (Phi) is 6.94. The monoisotopic (exact) mass is 386 g/mol. The highest BCUT2D eigenvalue weighted by atomic mass is 16.2. The van der Waals surface area contributed by atoms with Crippen LogP contribution in [0.1, 0.15) is 43.9 Å². The average Bonchev–Trinajstić information content (AvgIpc) is 2.70. The second-order valence-corrected chi connectivity index (χ2v) is 8.17. The van der Waals surface area contributed by atoms with Crippen LogP contribution in [0.4, 0.5) is 4.79 Å². The molecule has 2 heterocycles. The Morgan fingerprint density at radius 2 is 1.89 bits per heavy atom. The van der Waals surface area contributed by atoms with E-state index >= 15 is 0 Å². The van der Waals surface area contributed by atoms with Crippen molar-refractivity contribution in [2.75, 3.05) is 45.8 Å². The maximum Gasteiger partial charge on any atom is 0.317 e. The molecule has 3 rings (SSSR count). The molecule has 1 atom stereocenters. The Labute approximate surface area is 168 Å². The van der Waals surface area contributed by atoms with Gasteiger partial charge in [-0.15, -0.1) is 0 Å². The molecule has 1 aromatic rings. The van der Waals surface area contributed by atoms with Gasteiger partial charge in [-0.2, -0.15) is 0 Å². The summed E-state index contributed by atoms with van der Waals surface area (Å²) in [6.07, 6.45) is 2.40. The highest BCUT2D eigenvalue weighted by Crippen LogP contribution is 2.28. The lowest BCUT2D eigenvalue weighted by molar-refractivity contribution is -0.134. The zero-order valence-electron chi connectivity index (χ0n) is 17.5. The smallest absolute Gasteiger partial charge is 0.317 e. The van der Waals surface area contributed by atoms with Crippen LogP contribution in [0.5, 0.6) is 0 Å². The molecule has 0 aliphatic carbocycles. The minimum absolute atomic E-state index is 0.0318. The number of hydrogen-bond donors (Lipinski definition) is 1. The lowest BCUT2D eigenvalue weighted by atomic mass is 9.94. The lowest BCUT2D eigenvalue weighted by Crippen LogP contribution is -2.55. The molecule has 1 N–H and O–H groups in total. The number of piperazine rings is 1. The van der Waals surface area contributed by atoms with Crippen molar-refractivity contribution in [3.8, 4) is 0 Å². The van der Waals surface area contributed by atoms with Gasteiger partial charge in [0.25, 0.3) is 0 Å². The number of aryl methyl sites for hydroxylation is 1. The third kappa shape index (κ3) is 4.85. The van der Waals surface area contributed by atoms with Gasteiger partial charge in [0, 0.05) is 26.2 Å². The maximum atomic E-state index is 12.7. The first-order chi connectivity index (χ1) is 13.5. The van der Waals surface area contributed by atoms with Crippen LogP contribution >= 0.6 is 0 Å². The van der Waals surface area contributed by atoms with Crippen molar-refractivity contribution in [1.82, 2.24) is 20.0 Å². The molecule has 6 nitrogen and oxygen atoms in total. The predicted molar refractivity (Wildman–Crippen MR) is 111 cm³/mol. The van der Waals surface area contributed by atoms with Crippen LogP contribution in [0, 0.1) is 12.8 Å². The minimum atomic E-state index is -0.131. The first-order valence-electron chi connectivity index (χ1n) is 10.6. The van der Waals surface area contributed by atoms with Gasteiger partial charge in [-0.1, -0.05) is 31.2 Å². The number of likely N-dealkylation sites (N-methyl/N-ethyl adjacent to an activating group) is 1. The van der Waals surface area contributed by atoms with Crippen LogP contribution < -0.4 is 5.32 Å². The number of rotatable bonds is 5. The van der Waals surface area contributed by atoms with E-state index in [4.69, 9.17) is 0 Å². The molecule has 2 fully saturated rings. The first kappa shape index (κ1) is 20.6. The van der Waals surface area contributed by atoms with Crippen molar-refractivity contribution in [2.24, 2.45) is 5.92 Å². The van der Waals surface area contributed by atoms with E-state index in [1.807, 2.05) is 6.92 Å². The summed E-state index contributed by atoms with van der Waals surface area (Å²) in [5, 5.41) is 3.11. The Hall–Kier alpha value is -2.08. The molecular formula is C22H34N4O2. The minimum Gasteiger partial charge on any atom is -0.340 e. The number of benzene rings is 1. The molecule has 0 bridgehead atoms. The van der Waals surface area contributed by atoms with Crippen LogP contribution in [0.15, 0.2) is 24.3 Å². The van der Waals surface area contributed by atoms with Gasteiger partial charge in [-0.05, 0) is 56.8 Å². The quantitative estimate of drug-likeness (QED) is 0.846. The summed E-state index contributed by atoms with van der Waals surface area (Å²) in [7, 11) is 0. The fraction of sp³-hybridized carbons (Fsp3) is 0.636. The van der Waals surface area contributed by atoms with Gasteiger partial charge in [-0.3, -0.25) is 9.69 Å².